The van der Waals surface area contributed by atoms with Gasteiger partial charge in [-0.25, -0.2) is 5.43 Å². The Morgan fingerprint density at radius 3 is 3.00 bits per heavy atom. The molecule has 1 aromatic heterocycles. The predicted molar refractivity (Wildman–Crippen MR) is 121 cm³/mol. The van der Waals surface area contributed by atoms with Gasteiger partial charge in [-0.2, -0.15) is 5.10 Å². The molecule has 30 heavy (non-hydrogen) atoms. The first kappa shape index (κ1) is 19.3. The van der Waals surface area contributed by atoms with Crippen molar-refractivity contribution in [2.45, 2.75) is 38.8 Å². The van der Waals surface area contributed by atoms with Gasteiger partial charge in [-0.15, -0.1) is 0 Å². The van der Waals surface area contributed by atoms with Crippen LogP contribution in [0.15, 0.2) is 47.6 Å². The molecule has 2 aliphatic rings. The molecule has 0 saturated heterocycles. The molecule has 0 unspecified atom stereocenters. The lowest BCUT2D eigenvalue weighted by Crippen LogP contribution is -2.44. The summed E-state index contributed by atoms with van der Waals surface area (Å²) in [6, 6.07) is 14.5. The Morgan fingerprint density at radius 1 is 1.27 bits per heavy atom. The van der Waals surface area contributed by atoms with E-state index in [0.717, 1.165) is 37.9 Å². The molecular formula is C24H25ClN4O. The van der Waals surface area contributed by atoms with Gasteiger partial charge in [-0.1, -0.05) is 41.4 Å². The highest BCUT2D eigenvalue weighted by molar-refractivity contribution is 6.33. The number of nitrogens with zero attached hydrogens (tertiary/aromatic N) is 3. The molecule has 1 N–H and O–H groups in total. The van der Waals surface area contributed by atoms with Gasteiger partial charge in [0.1, 0.15) is 0 Å². The molecule has 1 amide bonds. The molecule has 0 bridgehead atoms. The summed E-state index contributed by atoms with van der Waals surface area (Å²) in [7, 11) is 0. The van der Waals surface area contributed by atoms with Crippen molar-refractivity contribution in [3.8, 4) is 0 Å². The fourth-order valence-electron chi connectivity index (χ4n) is 4.95. The van der Waals surface area contributed by atoms with Crippen molar-refractivity contribution in [3.63, 3.8) is 0 Å². The van der Waals surface area contributed by atoms with Crippen LogP contribution < -0.4 is 5.43 Å². The van der Waals surface area contributed by atoms with E-state index >= 15 is 0 Å². The molecule has 0 spiro atoms. The first-order valence-corrected chi connectivity index (χ1v) is 10.9. The van der Waals surface area contributed by atoms with Crippen LogP contribution in [-0.4, -0.2) is 34.7 Å². The van der Waals surface area contributed by atoms with Crippen molar-refractivity contribution in [1.82, 2.24) is 14.9 Å². The first-order chi connectivity index (χ1) is 14.6. The van der Waals surface area contributed by atoms with Crippen molar-refractivity contribution >= 4 is 34.6 Å². The van der Waals surface area contributed by atoms with Crippen molar-refractivity contribution < 1.29 is 4.79 Å². The molecule has 0 radical (unpaired) electrons. The van der Waals surface area contributed by atoms with Crippen molar-refractivity contribution in [2.24, 2.45) is 5.10 Å². The zero-order valence-electron chi connectivity index (χ0n) is 17.1. The number of aromatic nitrogens is 1. The Labute approximate surface area is 181 Å². The Bertz CT molecular complexity index is 1150. The molecular weight excluding hydrogens is 396 g/mol. The van der Waals surface area contributed by atoms with Gasteiger partial charge in [0.15, 0.2) is 0 Å². The first-order valence-electron chi connectivity index (χ1n) is 10.5. The van der Waals surface area contributed by atoms with Crippen molar-refractivity contribution in [2.75, 3.05) is 13.1 Å². The van der Waals surface area contributed by atoms with Gasteiger partial charge in [-0.05, 0) is 49.9 Å². The molecule has 5 nitrogen and oxygen atoms in total. The average Bonchev–Trinajstić information content (AvgIpc) is 3.06. The maximum Gasteiger partial charge on any atom is 0.254 e. The molecule has 0 saturated carbocycles. The summed E-state index contributed by atoms with van der Waals surface area (Å²) in [6.07, 6.45) is 4.97. The lowest BCUT2D eigenvalue weighted by Gasteiger charge is -2.39. The zero-order chi connectivity index (χ0) is 20.7. The average molecular weight is 421 g/mol. The second-order valence-electron chi connectivity index (χ2n) is 8.23. The second kappa shape index (κ2) is 7.89. The van der Waals surface area contributed by atoms with Crippen LogP contribution in [0.4, 0.5) is 0 Å². The SMILES string of the molecule is Cc1ccc2c(c1)c1c3n2CCN(CC(=O)N/N=C/c2ccccc2Cl)[C@H]3CCC1. The quantitative estimate of drug-likeness (QED) is 0.501. The third-order valence-corrected chi connectivity index (χ3v) is 6.63. The lowest BCUT2D eigenvalue weighted by atomic mass is 9.89. The number of nitrogens with one attached hydrogen (secondary N) is 1. The van der Waals surface area contributed by atoms with E-state index in [4.69, 9.17) is 11.6 Å². The third-order valence-electron chi connectivity index (χ3n) is 6.28. The number of carbonyl (C=O) groups excluding carboxylic acids is 1. The summed E-state index contributed by atoms with van der Waals surface area (Å²) in [6.45, 7) is 4.30. The van der Waals surface area contributed by atoms with Crippen LogP contribution in [0.25, 0.3) is 10.9 Å². The van der Waals surface area contributed by atoms with Gasteiger partial charge < -0.3 is 4.57 Å². The van der Waals surface area contributed by atoms with Crippen LogP contribution in [0.2, 0.25) is 5.02 Å². The number of hydrogen-bond acceptors (Lipinski definition) is 3. The molecule has 0 fully saturated rings. The maximum atomic E-state index is 12.6. The highest BCUT2D eigenvalue weighted by Gasteiger charge is 2.35. The van der Waals surface area contributed by atoms with E-state index in [-0.39, 0.29) is 5.91 Å². The molecule has 1 atom stereocenters. The van der Waals surface area contributed by atoms with Crippen LogP contribution in [0.1, 0.15) is 41.3 Å². The predicted octanol–water partition coefficient (Wildman–Crippen LogP) is 4.45. The molecule has 2 heterocycles. The Morgan fingerprint density at radius 2 is 2.13 bits per heavy atom. The largest absolute Gasteiger partial charge is 0.342 e. The smallest absolute Gasteiger partial charge is 0.254 e. The number of carbonyl (C=O) groups is 1. The highest BCUT2D eigenvalue weighted by atomic mass is 35.5. The summed E-state index contributed by atoms with van der Waals surface area (Å²) < 4.78 is 2.48. The summed E-state index contributed by atoms with van der Waals surface area (Å²) in [5.74, 6) is -0.0918. The second-order valence-corrected chi connectivity index (χ2v) is 8.64. The van der Waals surface area contributed by atoms with Gasteiger partial charge in [0, 0.05) is 40.3 Å². The normalized spacial score (nSPS) is 18.7. The number of halogens is 1. The minimum Gasteiger partial charge on any atom is -0.342 e. The van der Waals surface area contributed by atoms with Crippen LogP contribution in [0.5, 0.6) is 0 Å². The molecule has 2 aromatic carbocycles. The molecule has 1 aliphatic heterocycles. The van der Waals surface area contributed by atoms with Gasteiger partial charge in [-0.3, -0.25) is 9.69 Å². The van der Waals surface area contributed by atoms with Gasteiger partial charge in [0.25, 0.3) is 5.91 Å². The van der Waals surface area contributed by atoms with Crippen LogP contribution in [-0.2, 0) is 17.8 Å². The van der Waals surface area contributed by atoms with E-state index in [9.17, 15) is 4.79 Å². The third kappa shape index (κ3) is 3.42. The number of benzene rings is 2. The maximum absolute atomic E-state index is 12.6. The monoisotopic (exact) mass is 420 g/mol. The Hall–Kier alpha value is -2.63. The highest BCUT2D eigenvalue weighted by Crippen LogP contribution is 2.42. The minimum absolute atomic E-state index is 0.0918. The van der Waals surface area contributed by atoms with E-state index in [1.807, 2.05) is 18.2 Å². The zero-order valence-corrected chi connectivity index (χ0v) is 17.8. The number of rotatable bonds is 4. The number of hydrazone groups is 1. The van der Waals surface area contributed by atoms with Gasteiger partial charge in [0.05, 0.1) is 18.8 Å². The van der Waals surface area contributed by atoms with Gasteiger partial charge >= 0.3 is 0 Å². The Balaban J connectivity index is 1.33. The number of amides is 1. The summed E-state index contributed by atoms with van der Waals surface area (Å²) >= 11 is 6.13. The van der Waals surface area contributed by atoms with E-state index in [1.54, 1.807) is 12.3 Å². The number of fused-ring (bicyclic) bond motifs is 3. The Kier molecular flexibility index (Phi) is 5.09. The minimum atomic E-state index is -0.0918. The van der Waals surface area contributed by atoms with Crippen LogP contribution >= 0.6 is 11.6 Å². The lowest BCUT2D eigenvalue weighted by molar-refractivity contribution is -0.123. The van der Waals surface area contributed by atoms with E-state index in [1.165, 1.54) is 27.7 Å². The molecule has 154 valence electrons. The van der Waals surface area contributed by atoms with Crippen molar-refractivity contribution in [3.05, 3.63) is 69.9 Å². The molecule has 1 aliphatic carbocycles. The summed E-state index contributed by atoms with van der Waals surface area (Å²) in [5.41, 5.74) is 8.99. The van der Waals surface area contributed by atoms with Gasteiger partial charge in [0.2, 0.25) is 0 Å². The van der Waals surface area contributed by atoms with E-state index in [0.29, 0.717) is 17.6 Å². The number of aryl methyl sites for hydroxylation is 2. The van der Waals surface area contributed by atoms with Crippen LogP contribution in [0, 0.1) is 6.92 Å². The van der Waals surface area contributed by atoms with Crippen molar-refractivity contribution in [1.29, 1.82) is 0 Å². The molecule has 3 aromatic rings. The molecule has 5 rings (SSSR count). The molecule has 6 heteroatoms. The number of hydrogen-bond donors (Lipinski definition) is 1. The van der Waals surface area contributed by atoms with E-state index in [2.05, 4.69) is 45.1 Å². The topological polar surface area (TPSA) is 49.6 Å². The fourth-order valence-corrected chi connectivity index (χ4v) is 5.14. The summed E-state index contributed by atoms with van der Waals surface area (Å²) in [5, 5.41) is 6.11. The fraction of sp³-hybridized carbons (Fsp3) is 0.333. The van der Waals surface area contributed by atoms with E-state index < -0.39 is 0 Å². The standard InChI is InChI=1S/C24H25ClN4O/c1-16-9-10-21-19(13-16)18-6-4-8-22-24(18)29(21)12-11-28(22)15-23(30)27-26-14-17-5-2-3-7-20(17)25/h2-3,5,7,9-10,13-14,22H,4,6,8,11-12,15H2,1H3,(H,27,30)/b26-14+/t22-/m0/s1. The summed E-state index contributed by atoms with van der Waals surface area (Å²) in [4.78, 5) is 14.9. The van der Waals surface area contributed by atoms with Crippen LogP contribution in [0.3, 0.4) is 0 Å².